The van der Waals surface area contributed by atoms with Gasteiger partial charge in [0.1, 0.15) is 11.9 Å². The summed E-state index contributed by atoms with van der Waals surface area (Å²) in [6.07, 6.45) is -3.83. The number of alkyl halides is 3. The molecule has 0 aromatic heterocycles. The Morgan fingerprint density at radius 2 is 1.95 bits per heavy atom. The first kappa shape index (κ1) is 14.6. The van der Waals surface area contributed by atoms with Gasteiger partial charge in [-0.25, -0.2) is 0 Å². The molecular formula is C15H15F3O2. The molecule has 0 fully saturated rings. The maximum atomic E-state index is 12.4. The highest BCUT2D eigenvalue weighted by Crippen LogP contribution is 2.33. The zero-order chi connectivity index (χ0) is 14.8. The Hall–Kier alpha value is -1.78. The van der Waals surface area contributed by atoms with E-state index in [2.05, 4.69) is 0 Å². The van der Waals surface area contributed by atoms with E-state index < -0.39 is 12.0 Å². The van der Waals surface area contributed by atoms with E-state index in [0.29, 0.717) is 12.8 Å². The van der Waals surface area contributed by atoms with Crippen molar-refractivity contribution < 1.29 is 22.7 Å². The van der Waals surface area contributed by atoms with Gasteiger partial charge in [0.25, 0.3) is 5.78 Å². The summed E-state index contributed by atoms with van der Waals surface area (Å²) >= 11 is 0. The van der Waals surface area contributed by atoms with E-state index in [9.17, 15) is 18.0 Å². The first-order valence-electron chi connectivity index (χ1n) is 6.40. The third-order valence-corrected chi connectivity index (χ3v) is 3.33. The number of Topliss-reactive ketones (excluding diaryl/α,β-unsaturated/α-hetero) is 1. The van der Waals surface area contributed by atoms with Crippen molar-refractivity contribution in [2.24, 2.45) is 0 Å². The van der Waals surface area contributed by atoms with Gasteiger partial charge in [0, 0.05) is 12.0 Å². The largest absolute Gasteiger partial charge is 0.494 e. The molecule has 0 bridgehead atoms. The fourth-order valence-corrected chi connectivity index (χ4v) is 2.29. The number of carbonyl (C=O) groups is 1. The van der Waals surface area contributed by atoms with Crippen LogP contribution in [0.1, 0.15) is 25.3 Å². The van der Waals surface area contributed by atoms with Crippen LogP contribution in [0.5, 0.6) is 0 Å². The third kappa shape index (κ3) is 3.40. The Kier molecular flexibility index (Phi) is 4.16. The lowest BCUT2D eigenvalue weighted by Crippen LogP contribution is -2.25. The molecule has 0 saturated heterocycles. The van der Waals surface area contributed by atoms with Crippen LogP contribution >= 0.6 is 0 Å². The predicted octanol–water partition coefficient (Wildman–Crippen LogP) is 3.81. The summed E-state index contributed by atoms with van der Waals surface area (Å²) in [5, 5.41) is 0. The van der Waals surface area contributed by atoms with Crippen molar-refractivity contribution in [3.05, 3.63) is 47.2 Å². The molecule has 2 nitrogen and oxygen atoms in total. The van der Waals surface area contributed by atoms with Crippen LogP contribution in [0.4, 0.5) is 13.2 Å². The summed E-state index contributed by atoms with van der Waals surface area (Å²) in [5.41, 5.74) is 0.861. The molecule has 0 N–H and O–H groups in total. The van der Waals surface area contributed by atoms with Gasteiger partial charge in [-0.15, -0.1) is 0 Å². The Labute approximate surface area is 115 Å². The number of ketones is 1. The molecule has 20 heavy (non-hydrogen) atoms. The van der Waals surface area contributed by atoms with Gasteiger partial charge in [-0.3, -0.25) is 4.79 Å². The first-order valence-corrected chi connectivity index (χ1v) is 6.40. The van der Waals surface area contributed by atoms with Gasteiger partial charge in [-0.1, -0.05) is 30.3 Å². The molecule has 0 amide bonds. The standard InChI is InChI=1S/C15H15F3O2/c1-10-13(14(19)15(16,17)18)9-12(20-10)8-7-11-5-3-2-4-6-11/h2-6,12H,7-9H2,1H3. The molecule has 0 radical (unpaired) electrons. The summed E-state index contributed by atoms with van der Waals surface area (Å²) in [5.74, 6) is -1.68. The van der Waals surface area contributed by atoms with E-state index in [0.717, 1.165) is 5.56 Å². The van der Waals surface area contributed by atoms with Crippen LogP contribution in [0, 0.1) is 0 Å². The molecule has 2 rings (SSSR count). The maximum Gasteiger partial charge on any atom is 0.454 e. The third-order valence-electron chi connectivity index (χ3n) is 3.33. The molecule has 0 aliphatic carbocycles. The fraction of sp³-hybridized carbons (Fsp3) is 0.400. The van der Waals surface area contributed by atoms with Crippen LogP contribution in [0.25, 0.3) is 0 Å². The van der Waals surface area contributed by atoms with E-state index in [-0.39, 0.29) is 23.9 Å². The lowest BCUT2D eigenvalue weighted by Gasteiger charge is -2.11. The average Bonchev–Trinajstić information content (AvgIpc) is 2.77. The first-order chi connectivity index (χ1) is 9.38. The molecule has 0 spiro atoms. The van der Waals surface area contributed by atoms with Gasteiger partial charge in [0.15, 0.2) is 0 Å². The SMILES string of the molecule is CC1=C(C(=O)C(F)(F)F)CC(CCc2ccccc2)O1. The fourth-order valence-electron chi connectivity index (χ4n) is 2.29. The van der Waals surface area contributed by atoms with Crippen molar-refractivity contribution in [1.29, 1.82) is 0 Å². The highest BCUT2D eigenvalue weighted by atomic mass is 19.4. The van der Waals surface area contributed by atoms with Crippen LogP contribution in [0.3, 0.4) is 0 Å². The van der Waals surface area contributed by atoms with E-state index in [1.54, 1.807) is 0 Å². The molecule has 1 heterocycles. The molecule has 108 valence electrons. The topological polar surface area (TPSA) is 26.3 Å². The van der Waals surface area contributed by atoms with Gasteiger partial charge in [-0.05, 0) is 25.3 Å². The van der Waals surface area contributed by atoms with E-state index in [4.69, 9.17) is 4.74 Å². The number of ether oxygens (including phenoxy) is 1. The van der Waals surface area contributed by atoms with Crippen molar-refractivity contribution in [2.45, 2.75) is 38.5 Å². The minimum Gasteiger partial charge on any atom is -0.494 e. The molecule has 1 unspecified atom stereocenters. The van der Waals surface area contributed by atoms with E-state index >= 15 is 0 Å². The summed E-state index contributed by atoms with van der Waals surface area (Å²) in [6, 6.07) is 9.63. The van der Waals surface area contributed by atoms with Crippen LogP contribution in [-0.2, 0) is 16.0 Å². The highest BCUT2D eigenvalue weighted by molar-refractivity contribution is 6.00. The number of aryl methyl sites for hydroxylation is 1. The van der Waals surface area contributed by atoms with Crippen molar-refractivity contribution in [1.82, 2.24) is 0 Å². The van der Waals surface area contributed by atoms with Gasteiger partial charge < -0.3 is 4.74 Å². The molecule has 5 heteroatoms. The van der Waals surface area contributed by atoms with Gasteiger partial charge in [0.05, 0.1) is 0 Å². The second-order valence-electron chi connectivity index (χ2n) is 4.83. The normalized spacial score (nSPS) is 19.1. The van der Waals surface area contributed by atoms with E-state index in [1.807, 2.05) is 30.3 Å². The van der Waals surface area contributed by atoms with Gasteiger partial charge >= 0.3 is 6.18 Å². The highest BCUT2D eigenvalue weighted by Gasteiger charge is 2.44. The average molecular weight is 284 g/mol. The molecular weight excluding hydrogens is 269 g/mol. The molecule has 1 aromatic rings. The maximum absolute atomic E-state index is 12.4. The zero-order valence-electron chi connectivity index (χ0n) is 11.0. The van der Waals surface area contributed by atoms with Gasteiger partial charge in [0.2, 0.25) is 0 Å². The Balaban J connectivity index is 1.92. The number of allylic oxidation sites excluding steroid dienone is 1. The summed E-state index contributed by atoms with van der Waals surface area (Å²) < 4.78 is 42.6. The number of halogens is 3. The van der Waals surface area contributed by atoms with Crippen LogP contribution in [0.2, 0.25) is 0 Å². The van der Waals surface area contributed by atoms with Crippen molar-refractivity contribution in [2.75, 3.05) is 0 Å². The van der Waals surface area contributed by atoms with Crippen molar-refractivity contribution >= 4 is 5.78 Å². The molecule has 1 aliphatic rings. The summed E-state index contributed by atoms with van der Waals surface area (Å²) in [7, 11) is 0. The second-order valence-corrected chi connectivity index (χ2v) is 4.83. The second kappa shape index (κ2) is 5.69. The minimum atomic E-state index is -4.83. The number of hydrogen-bond acceptors (Lipinski definition) is 2. The summed E-state index contributed by atoms with van der Waals surface area (Å²) in [4.78, 5) is 11.2. The summed E-state index contributed by atoms with van der Waals surface area (Å²) in [6.45, 7) is 1.42. The number of benzene rings is 1. The van der Waals surface area contributed by atoms with Crippen LogP contribution in [0.15, 0.2) is 41.7 Å². The Morgan fingerprint density at radius 1 is 1.30 bits per heavy atom. The number of rotatable bonds is 4. The quantitative estimate of drug-likeness (QED) is 0.840. The van der Waals surface area contributed by atoms with Crippen molar-refractivity contribution in [3.8, 4) is 0 Å². The number of hydrogen-bond donors (Lipinski definition) is 0. The van der Waals surface area contributed by atoms with Crippen LogP contribution in [-0.4, -0.2) is 18.1 Å². The monoisotopic (exact) mass is 284 g/mol. The number of carbonyl (C=O) groups excluding carboxylic acids is 1. The lowest BCUT2D eigenvalue weighted by molar-refractivity contribution is -0.166. The van der Waals surface area contributed by atoms with E-state index in [1.165, 1.54) is 6.92 Å². The Morgan fingerprint density at radius 3 is 2.55 bits per heavy atom. The lowest BCUT2D eigenvalue weighted by atomic mass is 10.0. The molecule has 0 saturated carbocycles. The molecule has 1 atom stereocenters. The minimum absolute atomic E-state index is 0.0387. The van der Waals surface area contributed by atoms with Gasteiger partial charge in [-0.2, -0.15) is 13.2 Å². The molecule has 1 aromatic carbocycles. The van der Waals surface area contributed by atoms with Crippen LogP contribution < -0.4 is 0 Å². The van der Waals surface area contributed by atoms with Crippen molar-refractivity contribution in [3.63, 3.8) is 0 Å². The zero-order valence-corrected chi connectivity index (χ0v) is 11.0. The molecule has 1 aliphatic heterocycles. The Bertz CT molecular complexity index is 518. The smallest absolute Gasteiger partial charge is 0.454 e. The predicted molar refractivity (Wildman–Crippen MR) is 68.0 cm³/mol.